The van der Waals surface area contributed by atoms with E-state index >= 15 is 0 Å². The third-order valence-electron chi connectivity index (χ3n) is 3.00. The first-order chi connectivity index (χ1) is 9.71. The lowest BCUT2D eigenvalue weighted by atomic mass is 10.1. The van der Waals surface area contributed by atoms with Crippen LogP contribution in [0.15, 0.2) is 24.3 Å². The van der Waals surface area contributed by atoms with Gasteiger partial charge in [-0.1, -0.05) is 19.1 Å². The smallest absolute Gasteiger partial charge is 0.335 e. The van der Waals surface area contributed by atoms with Gasteiger partial charge < -0.3 is 5.11 Å². The van der Waals surface area contributed by atoms with Crippen LogP contribution in [0, 0.1) is 0 Å². The largest absolute Gasteiger partial charge is 0.478 e. The fourth-order valence-electron chi connectivity index (χ4n) is 1.60. The fraction of sp³-hybridized carbons (Fsp3) is 0.462. The zero-order valence-corrected chi connectivity index (χ0v) is 13.5. The van der Waals surface area contributed by atoms with E-state index in [1.165, 1.54) is 24.3 Å². The highest BCUT2D eigenvalue weighted by atomic mass is 32.2. The molecule has 0 amide bonds. The summed E-state index contributed by atoms with van der Waals surface area (Å²) in [7, 11) is -4.46. The molecule has 0 aromatic heterocycles. The molecule has 0 aliphatic rings. The Morgan fingerprint density at radius 1 is 1.33 bits per heavy atom. The Morgan fingerprint density at radius 2 is 1.90 bits per heavy atom. The van der Waals surface area contributed by atoms with Gasteiger partial charge in [-0.05, 0) is 24.1 Å². The molecule has 0 radical (unpaired) electrons. The molecule has 0 saturated heterocycles. The Hall–Kier alpha value is -1.25. The first-order valence-electron chi connectivity index (χ1n) is 6.33. The SMILES string of the molecule is CC(CCNS(=O)(=O)Cc1ccc(C(=O)O)cc1)S(C)=O. The van der Waals surface area contributed by atoms with Crippen molar-refractivity contribution >= 4 is 26.8 Å². The topological polar surface area (TPSA) is 101 Å². The summed E-state index contributed by atoms with van der Waals surface area (Å²) in [6, 6.07) is 5.70. The highest BCUT2D eigenvalue weighted by molar-refractivity contribution is 7.88. The lowest BCUT2D eigenvalue weighted by Crippen LogP contribution is -2.28. The molecule has 1 aromatic rings. The van der Waals surface area contributed by atoms with Gasteiger partial charge in [0.1, 0.15) is 0 Å². The van der Waals surface area contributed by atoms with Crippen molar-refractivity contribution in [1.82, 2.24) is 4.72 Å². The summed E-state index contributed by atoms with van der Waals surface area (Å²) >= 11 is 0. The predicted octanol–water partition coefficient (Wildman–Crippen LogP) is 0.961. The van der Waals surface area contributed by atoms with Gasteiger partial charge in [-0.3, -0.25) is 4.21 Å². The third-order valence-corrected chi connectivity index (χ3v) is 5.72. The van der Waals surface area contributed by atoms with Crippen LogP contribution in [0.25, 0.3) is 0 Å². The molecule has 0 aliphatic carbocycles. The number of rotatable bonds is 8. The minimum Gasteiger partial charge on any atom is -0.478 e. The molecule has 2 N–H and O–H groups in total. The lowest BCUT2D eigenvalue weighted by molar-refractivity contribution is 0.0697. The lowest BCUT2D eigenvalue weighted by Gasteiger charge is -2.10. The van der Waals surface area contributed by atoms with Crippen LogP contribution >= 0.6 is 0 Å². The number of carbonyl (C=O) groups is 1. The van der Waals surface area contributed by atoms with E-state index in [4.69, 9.17) is 5.11 Å². The molecular weight excluding hydrogens is 314 g/mol. The Labute approximate surface area is 127 Å². The van der Waals surface area contributed by atoms with E-state index in [-0.39, 0.29) is 23.1 Å². The van der Waals surface area contributed by atoms with Crippen molar-refractivity contribution in [1.29, 1.82) is 0 Å². The van der Waals surface area contributed by atoms with Crippen molar-refractivity contribution in [2.45, 2.75) is 24.3 Å². The molecule has 21 heavy (non-hydrogen) atoms. The summed E-state index contributed by atoms with van der Waals surface area (Å²) in [5.41, 5.74) is 0.628. The highest BCUT2D eigenvalue weighted by Crippen LogP contribution is 2.08. The van der Waals surface area contributed by atoms with Crippen LogP contribution in [0.1, 0.15) is 29.3 Å². The number of sulfonamides is 1. The molecular formula is C13H19NO5S2. The molecule has 0 heterocycles. The van der Waals surface area contributed by atoms with Gasteiger partial charge in [0, 0.05) is 28.9 Å². The van der Waals surface area contributed by atoms with Crippen molar-refractivity contribution in [2.24, 2.45) is 0 Å². The number of hydrogen-bond donors (Lipinski definition) is 2. The van der Waals surface area contributed by atoms with Crippen molar-refractivity contribution in [2.75, 3.05) is 12.8 Å². The summed E-state index contributed by atoms with van der Waals surface area (Å²) in [6.07, 6.45) is 2.09. The van der Waals surface area contributed by atoms with E-state index in [0.29, 0.717) is 12.0 Å². The number of benzene rings is 1. The molecule has 118 valence electrons. The van der Waals surface area contributed by atoms with E-state index in [0.717, 1.165) is 0 Å². The van der Waals surface area contributed by atoms with Crippen LogP contribution in [0.5, 0.6) is 0 Å². The molecule has 1 rings (SSSR count). The minimum absolute atomic E-state index is 0.0671. The standard InChI is InChI=1S/C13H19NO5S2/c1-10(20(2)17)7-8-14-21(18,19)9-11-3-5-12(6-4-11)13(15)16/h3-6,10,14H,7-9H2,1-2H3,(H,15,16). The van der Waals surface area contributed by atoms with Crippen LogP contribution in [-0.4, -0.2) is 41.8 Å². The maximum absolute atomic E-state index is 11.9. The Balaban J connectivity index is 2.56. The molecule has 0 fully saturated rings. The maximum Gasteiger partial charge on any atom is 0.335 e. The fourth-order valence-corrected chi connectivity index (χ4v) is 3.21. The van der Waals surface area contributed by atoms with Crippen LogP contribution in [0.4, 0.5) is 0 Å². The Bertz CT molecular complexity index is 610. The second kappa shape index (κ2) is 7.67. The van der Waals surface area contributed by atoms with Gasteiger partial charge in [-0.25, -0.2) is 17.9 Å². The average molecular weight is 333 g/mol. The number of carboxylic acids is 1. The molecule has 0 aliphatic heterocycles. The van der Waals surface area contributed by atoms with Crippen LogP contribution in [0.2, 0.25) is 0 Å². The molecule has 0 saturated carbocycles. The number of carboxylic acid groups (broad SMARTS) is 1. The minimum atomic E-state index is -3.49. The van der Waals surface area contributed by atoms with Gasteiger partial charge in [0.2, 0.25) is 10.0 Å². The summed E-state index contributed by atoms with van der Waals surface area (Å²) in [6.45, 7) is 2.03. The number of aromatic carboxylic acids is 1. The molecule has 2 atom stereocenters. The quantitative estimate of drug-likeness (QED) is 0.738. The van der Waals surface area contributed by atoms with Crippen LogP contribution < -0.4 is 4.72 Å². The van der Waals surface area contributed by atoms with Gasteiger partial charge in [0.15, 0.2) is 0 Å². The molecule has 6 nitrogen and oxygen atoms in total. The summed E-state index contributed by atoms with van der Waals surface area (Å²) < 4.78 is 37.3. The highest BCUT2D eigenvalue weighted by Gasteiger charge is 2.13. The monoisotopic (exact) mass is 333 g/mol. The van der Waals surface area contributed by atoms with E-state index < -0.39 is 26.8 Å². The molecule has 1 aromatic carbocycles. The van der Waals surface area contributed by atoms with Crippen molar-refractivity contribution in [3.05, 3.63) is 35.4 Å². The second-order valence-corrected chi connectivity index (χ2v) is 8.36. The van der Waals surface area contributed by atoms with Crippen molar-refractivity contribution in [3.8, 4) is 0 Å². The van der Waals surface area contributed by atoms with Gasteiger partial charge in [-0.15, -0.1) is 0 Å². The Kier molecular flexibility index (Phi) is 6.50. The predicted molar refractivity (Wildman–Crippen MR) is 82.2 cm³/mol. The summed E-state index contributed by atoms with van der Waals surface area (Å²) in [5.74, 6) is -1.26. The first-order valence-corrected chi connectivity index (χ1v) is 9.60. The van der Waals surface area contributed by atoms with E-state index in [9.17, 15) is 17.4 Å². The summed E-state index contributed by atoms with van der Waals surface area (Å²) in [5, 5.41) is 8.70. The maximum atomic E-state index is 11.9. The van der Waals surface area contributed by atoms with Crippen molar-refractivity contribution < 1.29 is 22.5 Å². The van der Waals surface area contributed by atoms with Crippen LogP contribution in [0.3, 0.4) is 0 Å². The molecule has 0 bridgehead atoms. The zero-order chi connectivity index (χ0) is 16.0. The third kappa shape index (κ3) is 6.36. The zero-order valence-electron chi connectivity index (χ0n) is 11.9. The van der Waals surface area contributed by atoms with Crippen molar-refractivity contribution in [3.63, 3.8) is 0 Å². The number of hydrogen-bond acceptors (Lipinski definition) is 4. The van der Waals surface area contributed by atoms with E-state index in [1.807, 2.05) is 0 Å². The Morgan fingerprint density at radius 3 is 2.38 bits per heavy atom. The normalized spacial score (nSPS) is 14.6. The molecule has 0 spiro atoms. The average Bonchev–Trinajstić information content (AvgIpc) is 2.38. The molecule has 8 heteroatoms. The second-order valence-electron chi connectivity index (χ2n) is 4.75. The van der Waals surface area contributed by atoms with Gasteiger partial charge in [0.05, 0.1) is 11.3 Å². The van der Waals surface area contributed by atoms with E-state index in [2.05, 4.69) is 4.72 Å². The van der Waals surface area contributed by atoms with Crippen LogP contribution in [-0.2, 0) is 26.6 Å². The summed E-state index contributed by atoms with van der Waals surface area (Å²) in [4.78, 5) is 10.7. The van der Waals surface area contributed by atoms with Gasteiger partial charge in [0.25, 0.3) is 0 Å². The van der Waals surface area contributed by atoms with Gasteiger partial charge in [-0.2, -0.15) is 0 Å². The number of nitrogens with one attached hydrogen (secondary N) is 1. The first kappa shape index (κ1) is 17.8. The molecule has 2 unspecified atom stereocenters. The van der Waals surface area contributed by atoms with Gasteiger partial charge >= 0.3 is 5.97 Å². The van der Waals surface area contributed by atoms with E-state index in [1.54, 1.807) is 13.2 Å².